The SMILES string of the molecule is CC(=O)O[C@H](/C=C(\C)CC/C=C(\C)C(=O)CC=C(C)C)C/C(C)=C/Cc1cc(O)cc(C)c1O. The van der Waals surface area contributed by atoms with Crippen molar-refractivity contribution in [3.63, 3.8) is 0 Å². The van der Waals surface area contributed by atoms with Gasteiger partial charge in [-0.05, 0) is 90.2 Å². The second-order valence-corrected chi connectivity index (χ2v) is 9.22. The van der Waals surface area contributed by atoms with Crippen LogP contribution >= 0.6 is 0 Å². The van der Waals surface area contributed by atoms with E-state index in [-0.39, 0.29) is 23.3 Å². The predicted octanol–water partition coefficient (Wildman–Crippen LogP) is 6.82. The van der Waals surface area contributed by atoms with Gasteiger partial charge in [-0.25, -0.2) is 0 Å². The molecule has 0 fully saturated rings. The molecule has 34 heavy (non-hydrogen) atoms. The van der Waals surface area contributed by atoms with Gasteiger partial charge in [0, 0.05) is 25.3 Å². The summed E-state index contributed by atoms with van der Waals surface area (Å²) < 4.78 is 5.50. The number of aromatic hydroxyl groups is 2. The first-order chi connectivity index (χ1) is 15.9. The Bertz CT molecular complexity index is 988. The zero-order valence-electron chi connectivity index (χ0n) is 21.7. The van der Waals surface area contributed by atoms with Crippen LogP contribution in [0, 0.1) is 6.92 Å². The number of allylic oxidation sites excluding steroid dienone is 6. The Morgan fingerprint density at radius 3 is 2.26 bits per heavy atom. The van der Waals surface area contributed by atoms with Gasteiger partial charge >= 0.3 is 5.97 Å². The van der Waals surface area contributed by atoms with Crippen molar-refractivity contribution in [1.82, 2.24) is 0 Å². The van der Waals surface area contributed by atoms with Crippen LogP contribution in [-0.4, -0.2) is 28.1 Å². The molecule has 0 saturated carbocycles. The molecule has 0 aliphatic rings. The number of rotatable bonds is 12. The van der Waals surface area contributed by atoms with Crippen LogP contribution in [0.1, 0.15) is 78.4 Å². The van der Waals surface area contributed by atoms with Crippen molar-refractivity contribution in [2.75, 3.05) is 0 Å². The molecule has 0 amide bonds. The summed E-state index contributed by atoms with van der Waals surface area (Å²) in [5.74, 6) is 0.0884. The van der Waals surface area contributed by atoms with E-state index in [4.69, 9.17) is 4.74 Å². The van der Waals surface area contributed by atoms with Crippen LogP contribution in [0.4, 0.5) is 0 Å². The quantitative estimate of drug-likeness (QED) is 0.152. The number of ether oxygens (including phenoxy) is 1. The Morgan fingerprint density at radius 1 is 0.971 bits per heavy atom. The number of phenolic OH excluding ortho intramolecular Hbond substituents is 2. The second kappa shape index (κ2) is 14.2. The highest BCUT2D eigenvalue weighted by molar-refractivity contribution is 5.95. The molecule has 1 rings (SSSR count). The van der Waals surface area contributed by atoms with Gasteiger partial charge in [0.05, 0.1) is 0 Å². The molecule has 0 aromatic heterocycles. The number of esters is 1. The third-order valence-electron chi connectivity index (χ3n) is 5.47. The second-order valence-electron chi connectivity index (χ2n) is 9.22. The molecule has 0 heterocycles. The maximum atomic E-state index is 12.1. The van der Waals surface area contributed by atoms with Gasteiger partial charge in [-0.15, -0.1) is 0 Å². The molecule has 0 aliphatic carbocycles. The standard InChI is InChI=1S/C29H40O5/c1-19(2)11-14-28(32)22(5)10-8-9-20(3)15-27(34-24(7)30)16-21(4)12-13-25-18-26(31)17-23(6)29(25)33/h10-12,15,17-18,27,31,33H,8-9,13-14,16H2,1-7H3/b20-15+,21-12+,22-10+/t27-/m1/s1. The number of aryl methyl sites for hydroxylation is 1. The molecule has 5 heteroatoms. The summed E-state index contributed by atoms with van der Waals surface area (Å²) >= 11 is 0. The van der Waals surface area contributed by atoms with Gasteiger partial charge in [0.15, 0.2) is 5.78 Å². The van der Waals surface area contributed by atoms with Crippen LogP contribution in [0.3, 0.4) is 0 Å². The Labute approximate surface area is 204 Å². The molecule has 1 aromatic carbocycles. The lowest BCUT2D eigenvalue weighted by Crippen LogP contribution is -2.15. The molecular weight excluding hydrogens is 428 g/mol. The number of benzene rings is 1. The van der Waals surface area contributed by atoms with E-state index >= 15 is 0 Å². The third kappa shape index (κ3) is 11.2. The fourth-order valence-corrected chi connectivity index (χ4v) is 3.51. The van der Waals surface area contributed by atoms with Crippen molar-refractivity contribution in [2.45, 2.75) is 86.7 Å². The minimum absolute atomic E-state index is 0.121. The molecule has 0 unspecified atom stereocenters. The first kappa shape index (κ1) is 29.0. The van der Waals surface area contributed by atoms with Gasteiger partial charge in [-0.1, -0.05) is 34.9 Å². The molecule has 2 N–H and O–H groups in total. The van der Waals surface area contributed by atoms with E-state index in [1.807, 2.05) is 58.9 Å². The zero-order valence-corrected chi connectivity index (χ0v) is 21.7. The molecule has 0 bridgehead atoms. The lowest BCUT2D eigenvalue weighted by molar-refractivity contribution is -0.144. The number of hydrogen-bond donors (Lipinski definition) is 2. The molecule has 1 aromatic rings. The van der Waals surface area contributed by atoms with Crippen molar-refractivity contribution >= 4 is 11.8 Å². The maximum Gasteiger partial charge on any atom is 0.303 e. The highest BCUT2D eigenvalue weighted by Gasteiger charge is 2.12. The van der Waals surface area contributed by atoms with Gasteiger partial charge in [-0.2, -0.15) is 0 Å². The highest BCUT2D eigenvalue weighted by atomic mass is 16.5. The van der Waals surface area contributed by atoms with Gasteiger partial charge < -0.3 is 14.9 Å². The summed E-state index contributed by atoms with van der Waals surface area (Å²) in [6, 6.07) is 3.08. The van der Waals surface area contributed by atoms with Crippen LogP contribution in [0.15, 0.2) is 58.7 Å². The van der Waals surface area contributed by atoms with Crippen molar-refractivity contribution in [1.29, 1.82) is 0 Å². The Kier molecular flexibility index (Phi) is 12.1. The molecular formula is C29H40O5. The molecule has 5 nitrogen and oxygen atoms in total. The third-order valence-corrected chi connectivity index (χ3v) is 5.47. The monoisotopic (exact) mass is 468 g/mol. The number of hydrogen-bond acceptors (Lipinski definition) is 5. The minimum atomic E-state index is -0.391. The summed E-state index contributed by atoms with van der Waals surface area (Å²) in [5, 5.41) is 20.0. The average Bonchev–Trinajstić information content (AvgIpc) is 2.72. The molecule has 186 valence electrons. The normalized spacial score (nSPS) is 13.4. The Balaban J connectivity index is 2.80. The summed E-state index contributed by atoms with van der Waals surface area (Å²) in [6.07, 6.45) is 10.4. The van der Waals surface area contributed by atoms with Crippen LogP contribution in [0.25, 0.3) is 0 Å². The van der Waals surface area contributed by atoms with Crippen LogP contribution in [0.5, 0.6) is 11.5 Å². The number of phenols is 2. The first-order valence-electron chi connectivity index (χ1n) is 11.7. The van der Waals surface area contributed by atoms with Crippen LogP contribution < -0.4 is 0 Å². The maximum absolute atomic E-state index is 12.1. The smallest absolute Gasteiger partial charge is 0.303 e. The first-order valence-corrected chi connectivity index (χ1v) is 11.7. The van der Waals surface area contributed by atoms with E-state index in [0.29, 0.717) is 30.4 Å². The van der Waals surface area contributed by atoms with Crippen molar-refractivity contribution in [3.8, 4) is 11.5 Å². The predicted molar refractivity (Wildman–Crippen MR) is 138 cm³/mol. The van der Waals surface area contributed by atoms with E-state index < -0.39 is 6.10 Å². The topological polar surface area (TPSA) is 83.8 Å². The van der Waals surface area contributed by atoms with Gasteiger partial charge in [0.1, 0.15) is 17.6 Å². The summed E-state index contributed by atoms with van der Waals surface area (Å²) in [4.78, 5) is 23.8. The summed E-state index contributed by atoms with van der Waals surface area (Å²) in [6.45, 7) is 12.9. The van der Waals surface area contributed by atoms with Crippen molar-refractivity contribution in [2.24, 2.45) is 0 Å². The van der Waals surface area contributed by atoms with E-state index in [9.17, 15) is 19.8 Å². The van der Waals surface area contributed by atoms with Gasteiger partial charge in [0.25, 0.3) is 0 Å². The lowest BCUT2D eigenvalue weighted by Gasteiger charge is -2.15. The van der Waals surface area contributed by atoms with Gasteiger partial charge in [0.2, 0.25) is 0 Å². The molecule has 0 spiro atoms. The Hall–Kier alpha value is -3.08. The highest BCUT2D eigenvalue weighted by Crippen LogP contribution is 2.28. The van der Waals surface area contributed by atoms with Crippen molar-refractivity contribution < 1.29 is 24.5 Å². The summed E-state index contributed by atoms with van der Waals surface area (Å²) in [5.41, 5.74) is 5.27. The number of carbonyl (C=O) groups excluding carboxylic acids is 2. The van der Waals surface area contributed by atoms with E-state index in [0.717, 1.165) is 35.1 Å². The number of carbonyl (C=O) groups is 2. The molecule has 0 radical (unpaired) electrons. The van der Waals surface area contributed by atoms with E-state index in [2.05, 4.69) is 0 Å². The number of Topliss-reactive ketones (excluding diaryl/α,β-unsaturated/α-hetero) is 1. The average molecular weight is 469 g/mol. The minimum Gasteiger partial charge on any atom is -0.508 e. The number of ketones is 1. The fraction of sp³-hybridized carbons (Fsp3) is 0.448. The Morgan fingerprint density at radius 2 is 1.65 bits per heavy atom. The largest absolute Gasteiger partial charge is 0.508 e. The lowest BCUT2D eigenvalue weighted by atomic mass is 10.0. The summed E-state index contributed by atoms with van der Waals surface area (Å²) in [7, 11) is 0. The van der Waals surface area contributed by atoms with Gasteiger partial charge in [-0.3, -0.25) is 9.59 Å². The molecule has 0 aliphatic heterocycles. The fourth-order valence-electron chi connectivity index (χ4n) is 3.51. The van der Waals surface area contributed by atoms with E-state index in [1.165, 1.54) is 13.0 Å². The molecule has 0 saturated heterocycles. The van der Waals surface area contributed by atoms with Crippen LogP contribution in [-0.2, 0) is 20.7 Å². The van der Waals surface area contributed by atoms with Crippen LogP contribution in [0.2, 0.25) is 0 Å². The zero-order chi connectivity index (χ0) is 25.8. The van der Waals surface area contributed by atoms with E-state index in [1.54, 1.807) is 13.0 Å². The molecule has 1 atom stereocenters. The van der Waals surface area contributed by atoms with Crippen molar-refractivity contribution in [3.05, 3.63) is 69.9 Å².